The summed E-state index contributed by atoms with van der Waals surface area (Å²) in [4.78, 5) is 24.5. The van der Waals surface area contributed by atoms with Crippen LogP contribution in [-0.4, -0.2) is 105 Å². The van der Waals surface area contributed by atoms with E-state index in [0.717, 1.165) is 38.8 Å². The fourth-order valence-corrected chi connectivity index (χ4v) is 4.01. The molecule has 2 amide bonds. The Bertz CT molecular complexity index is 876. The first-order valence-electron chi connectivity index (χ1n) is 15.5. The third-order valence-corrected chi connectivity index (χ3v) is 7.14. The van der Waals surface area contributed by atoms with Crippen LogP contribution >= 0.6 is 0 Å². The Morgan fingerprint density at radius 2 is 1.16 bits per heavy atom. The minimum absolute atomic E-state index is 0.0662. The minimum Gasteiger partial charge on any atom is -0.387 e. The first-order chi connectivity index (χ1) is 19.7. The molecule has 0 aliphatic carbocycles. The van der Waals surface area contributed by atoms with Gasteiger partial charge in [-0.05, 0) is 74.1 Å². The van der Waals surface area contributed by atoms with E-state index in [4.69, 9.17) is 10.8 Å². The molecule has 0 bridgehead atoms. The fraction of sp³-hybridized carbons (Fsp3) is 0.867. The molecule has 0 spiro atoms. The van der Waals surface area contributed by atoms with Crippen molar-refractivity contribution in [3.05, 3.63) is 0 Å². The van der Waals surface area contributed by atoms with E-state index in [1.165, 1.54) is 0 Å². The second-order valence-corrected chi connectivity index (χ2v) is 13.6. The van der Waals surface area contributed by atoms with E-state index >= 15 is 0 Å². The van der Waals surface area contributed by atoms with Crippen molar-refractivity contribution < 1.29 is 30.0 Å². The number of aliphatic hydroxyl groups excluding tert-OH is 4. The molecule has 0 aromatic carbocycles. The number of carbonyl (C=O) groups excluding carboxylic acids is 2. The summed E-state index contributed by atoms with van der Waals surface area (Å²) in [5.74, 6) is -0.943. The number of hydrogen-bond donors (Lipinski definition) is 11. The lowest BCUT2D eigenvalue weighted by Crippen LogP contribution is -2.57. The summed E-state index contributed by atoms with van der Waals surface area (Å²) in [6.07, 6.45) is -2.28. The van der Waals surface area contributed by atoms with Gasteiger partial charge in [0.25, 0.3) is 11.8 Å². The molecule has 0 aliphatic heterocycles. The normalized spacial score (nSPS) is 15.2. The molecule has 4 atom stereocenters. The van der Waals surface area contributed by atoms with E-state index in [1.54, 1.807) is 13.8 Å². The lowest BCUT2D eigenvalue weighted by molar-refractivity contribution is -0.156. The second-order valence-electron chi connectivity index (χ2n) is 13.6. The van der Waals surface area contributed by atoms with Crippen molar-refractivity contribution in [1.82, 2.24) is 26.6 Å². The average molecular weight is 616 g/mol. The van der Waals surface area contributed by atoms with E-state index in [-0.39, 0.29) is 12.1 Å². The SMILES string of the molecule is CCC(C)(C)NC(=O)[C@@H](O)[C@H](O)[C@H](O)[C@@H](O)C(=O)NCCC(C)(C)NC(=N)CCCCCCC(=N)NCCNC(C)(C)C. The topological polar surface area (TPSA) is 223 Å². The van der Waals surface area contributed by atoms with Gasteiger partial charge in [-0.25, -0.2) is 0 Å². The Morgan fingerprint density at radius 3 is 1.67 bits per heavy atom. The van der Waals surface area contributed by atoms with Crippen molar-refractivity contribution in [1.29, 1.82) is 10.8 Å². The Kier molecular flexibility index (Phi) is 18.1. The van der Waals surface area contributed by atoms with Gasteiger partial charge in [-0.15, -0.1) is 0 Å². The summed E-state index contributed by atoms with van der Waals surface area (Å²) in [6.45, 7) is 17.0. The van der Waals surface area contributed by atoms with E-state index in [1.807, 2.05) is 20.8 Å². The number of aliphatic hydroxyl groups is 4. The lowest BCUT2D eigenvalue weighted by Gasteiger charge is -2.30. The molecule has 13 nitrogen and oxygen atoms in total. The highest BCUT2D eigenvalue weighted by atomic mass is 16.4. The quantitative estimate of drug-likeness (QED) is 0.0500. The molecule has 43 heavy (non-hydrogen) atoms. The van der Waals surface area contributed by atoms with E-state index in [0.29, 0.717) is 37.4 Å². The highest BCUT2D eigenvalue weighted by Gasteiger charge is 2.38. The molecular formula is C30H61N7O6. The predicted molar refractivity (Wildman–Crippen MR) is 170 cm³/mol. The second kappa shape index (κ2) is 19.1. The van der Waals surface area contributed by atoms with Gasteiger partial charge in [0.2, 0.25) is 0 Å². The Hall–Kier alpha value is -2.32. The zero-order valence-corrected chi connectivity index (χ0v) is 27.7. The van der Waals surface area contributed by atoms with Gasteiger partial charge in [0.05, 0.1) is 11.7 Å². The van der Waals surface area contributed by atoms with Crippen molar-refractivity contribution in [3.63, 3.8) is 0 Å². The van der Waals surface area contributed by atoms with E-state index < -0.39 is 47.3 Å². The maximum absolute atomic E-state index is 12.3. The highest BCUT2D eigenvalue weighted by Crippen LogP contribution is 2.13. The van der Waals surface area contributed by atoms with Crippen LogP contribution in [0.25, 0.3) is 0 Å². The van der Waals surface area contributed by atoms with Crippen LogP contribution in [0.3, 0.4) is 0 Å². The zero-order valence-electron chi connectivity index (χ0n) is 27.7. The summed E-state index contributed by atoms with van der Waals surface area (Å²) in [7, 11) is 0. The molecule has 11 N–H and O–H groups in total. The fourth-order valence-electron chi connectivity index (χ4n) is 4.01. The minimum atomic E-state index is -2.08. The number of amidine groups is 2. The van der Waals surface area contributed by atoms with Gasteiger partial charge in [-0.2, -0.15) is 0 Å². The first kappa shape index (κ1) is 40.7. The van der Waals surface area contributed by atoms with E-state index in [2.05, 4.69) is 47.4 Å². The van der Waals surface area contributed by atoms with Crippen molar-refractivity contribution >= 4 is 23.5 Å². The van der Waals surface area contributed by atoms with Crippen LogP contribution < -0.4 is 26.6 Å². The smallest absolute Gasteiger partial charge is 0.252 e. The summed E-state index contributed by atoms with van der Waals surface area (Å²) >= 11 is 0. The van der Waals surface area contributed by atoms with Crippen LogP contribution in [0.5, 0.6) is 0 Å². The Labute approximate surface area is 258 Å². The largest absolute Gasteiger partial charge is 0.387 e. The molecule has 0 rings (SSSR count). The van der Waals surface area contributed by atoms with Crippen LogP contribution in [0.4, 0.5) is 0 Å². The summed E-state index contributed by atoms with van der Waals surface area (Å²) in [5, 5.41) is 71.6. The average Bonchev–Trinajstić information content (AvgIpc) is 2.89. The van der Waals surface area contributed by atoms with Crippen molar-refractivity contribution in [2.24, 2.45) is 0 Å². The van der Waals surface area contributed by atoms with Crippen LogP contribution in [0.15, 0.2) is 0 Å². The molecule has 0 aromatic heterocycles. The highest BCUT2D eigenvalue weighted by molar-refractivity contribution is 5.83. The van der Waals surface area contributed by atoms with Gasteiger partial charge in [0.15, 0.2) is 12.2 Å². The molecular weight excluding hydrogens is 554 g/mol. The molecule has 0 heterocycles. The predicted octanol–water partition coefficient (Wildman–Crippen LogP) is 0.882. The first-order valence-corrected chi connectivity index (χ1v) is 15.5. The number of hydrogen-bond acceptors (Lipinski definition) is 9. The molecule has 0 saturated heterocycles. The molecule has 13 heteroatoms. The number of carbonyl (C=O) groups is 2. The standard InChI is InChI=1S/C30H61N7O6/c1-9-29(5,6)37-27(43)25(41)23(39)22(38)24(40)26(42)34-17-16-30(7,8)36-21(32)15-13-11-10-12-14-20(31)33-18-19-35-28(2,3)4/h22-25,35,38-41H,9-19H2,1-8H3,(H2,31,33)(H2,32,36)(H,34,42)(H,37,43)/t22-,23+,24+,25-/m0/s1. The molecule has 0 aromatic rings. The van der Waals surface area contributed by atoms with Gasteiger partial charge in [0.1, 0.15) is 12.2 Å². The van der Waals surface area contributed by atoms with Crippen LogP contribution in [-0.2, 0) is 9.59 Å². The molecule has 0 saturated carbocycles. The van der Waals surface area contributed by atoms with Gasteiger partial charge >= 0.3 is 0 Å². The van der Waals surface area contributed by atoms with E-state index in [9.17, 15) is 30.0 Å². The van der Waals surface area contributed by atoms with Crippen LogP contribution in [0, 0.1) is 10.8 Å². The molecule has 0 fully saturated rings. The number of rotatable bonds is 21. The van der Waals surface area contributed by atoms with Gasteiger partial charge < -0.3 is 47.0 Å². The maximum Gasteiger partial charge on any atom is 0.252 e. The van der Waals surface area contributed by atoms with Crippen LogP contribution in [0.1, 0.15) is 107 Å². The van der Waals surface area contributed by atoms with Crippen molar-refractivity contribution in [2.75, 3.05) is 19.6 Å². The van der Waals surface area contributed by atoms with Gasteiger partial charge in [-0.3, -0.25) is 20.4 Å². The summed E-state index contributed by atoms with van der Waals surface area (Å²) in [5.41, 5.74) is -1.11. The Morgan fingerprint density at radius 1 is 0.651 bits per heavy atom. The lowest BCUT2D eigenvalue weighted by atomic mass is 9.98. The zero-order chi connectivity index (χ0) is 33.4. The molecule has 0 aliphatic rings. The van der Waals surface area contributed by atoms with Gasteiger partial charge in [0, 0.05) is 49.1 Å². The van der Waals surface area contributed by atoms with Crippen LogP contribution in [0.2, 0.25) is 0 Å². The Balaban J connectivity index is 4.29. The summed E-state index contributed by atoms with van der Waals surface area (Å²) < 4.78 is 0. The number of unbranched alkanes of at least 4 members (excludes halogenated alkanes) is 3. The molecule has 0 radical (unpaired) electrons. The monoisotopic (exact) mass is 615 g/mol. The number of amides is 2. The van der Waals surface area contributed by atoms with Crippen molar-refractivity contribution in [2.45, 2.75) is 148 Å². The molecule has 252 valence electrons. The molecule has 0 unspecified atom stereocenters. The summed E-state index contributed by atoms with van der Waals surface area (Å²) in [6, 6.07) is 0. The van der Waals surface area contributed by atoms with Crippen molar-refractivity contribution in [3.8, 4) is 0 Å². The third kappa shape index (κ3) is 18.8. The van der Waals surface area contributed by atoms with Gasteiger partial charge in [-0.1, -0.05) is 19.8 Å². The third-order valence-electron chi connectivity index (χ3n) is 7.14. The number of nitrogens with one attached hydrogen (secondary N) is 7. The maximum atomic E-state index is 12.3.